The van der Waals surface area contributed by atoms with Crippen LogP contribution in [0.25, 0.3) is 0 Å². The number of nitrogens with one attached hydrogen (secondary N) is 1. The second-order valence-corrected chi connectivity index (χ2v) is 6.64. The molecule has 3 rings (SSSR count). The van der Waals surface area contributed by atoms with E-state index in [0.717, 1.165) is 28.8 Å². The summed E-state index contributed by atoms with van der Waals surface area (Å²) in [6.07, 6.45) is 1.64. The second kappa shape index (κ2) is 8.07. The van der Waals surface area contributed by atoms with Crippen LogP contribution in [0.15, 0.2) is 59.2 Å². The van der Waals surface area contributed by atoms with Gasteiger partial charge in [0, 0.05) is 23.2 Å². The Kier molecular flexibility index (Phi) is 5.60. The smallest absolute Gasteiger partial charge is 0.247 e. The van der Waals surface area contributed by atoms with Crippen LogP contribution in [0, 0.1) is 6.92 Å². The number of rotatable bonds is 6. The Morgan fingerprint density at radius 2 is 1.92 bits per heavy atom. The average Bonchev–Trinajstić information content (AvgIpc) is 2.63. The van der Waals surface area contributed by atoms with Gasteiger partial charge in [0.1, 0.15) is 0 Å². The summed E-state index contributed by atoms with van der Waals surface area (Å²) in [6, 6.07) is 16.4. The molecule has 0 unspecified atom stereocenters. The summed E-state index contributed by atoms with van der Waals surface area (Å²) in [6.45, 7) is 5.69. The van der Waals surface area contributed by atoms with E-state index >= 15 is 0 Å². The maximum Gasteiger partial charge on any atom is 0.247 e. The molecule has 0 radical (unpaired) electrons. The number of hydrogen-bond donors (Lipinski definition) is 1. The van der Waals surface area contributed by atoms with Gasteiger partial charge < -0.3 is 10.2 Å². The van der Waals surface area contributed by atoms with Crippen molar-refractivity contribution in [3.8, 4) is 0 Å². The Morgan fingerprint density at radius 1 is 1.12 bits per heavy atom. The quantitative estimate of drug-likeness (QED) is 0.652. The molecule has 0 aliphatic rings. The second-order valence-electron chi connectivity index (χ2n) is 5.73. The van der Waals surface area contributed by atoms with Gasteiger partial charge in [-0.05, 0) is 43.2 Å². The third kappa shape index (κ3) is 4.54. The molecule has 1 heterocycles. The molecule has 0 bridgehead atoms. The summed E-state index contributed by atoms with van der Waals surface area (Å²) in [7, 11) is 0. The molecule has 0 aliphatic heterocycles. The minimum Gasteiger partial charge on any atom is -0.339 e. The highest BCUT2D eigenvalue weighted by Gasteiger charge is 2.10. The lowest BCUT2D eigenvalue weighted by molar-refractivity contribution is 0.771. The zero-order valence-electron chi connectivity index (χ0n) is 14.3. The maximum absolute atomic E-state index is 4.63. The van der Waals surface area contributed by atoms with Crippen molar-refractivity contribution in [2.45, 2.75) is 20.4 Å². The van der Waals surface area contributed by atoms with Crippen molar-refractivity contribution in [2.75, 3.05) is 16.8 Å². The van der Waals surface area contributed by atoms with Crippen LogP contribution in [-0.4, -0.2) is 21.7 Å². The zero-order valence-corrected chi connectivity index (χ0v) is 15.9. The van der Waals surface area contributed by atoms with E-state index in [9.17, 15) is 0 Å². The fraction of sp³-hybridized carbons (Fsp3) is 0.211. The summed E-state index contributed by atoms with van der Waals surface area (Å²) in [4.78, 5) is 6.73. The molecule has 128 valence electrons. The van der Waals surface area contributed by atoms with Gasteiger partial charge in [-0.2, -0.15) is 10.1 Å². The Bertz CT molecular complexity index is 838. The first kappa shape index (κ1) is 17.4. The van der Waals surface area contributed by atoms with Crippen molar-refractivity contribution in [2.24, 2.45) is 0 Å². The Hall–Kier alpha value is -2.47. The topological polar surface area (TPSA) is 53.9 Å². The van der Waals surface area contributed by atoms with Crippen LogP contribution in [0.5, 0.6) is 0 Å². The van der Waals surface area contributed by atoms with Crippen molar-refractivity contribution in [3.63, 3.8) is 0 Å². The van der Waals surface area contributed by atoms with Crippen LogP contribution in [0.4, 0.5) is 17.5 Å². The minimum atomic E-state index is 0.617. The molecule has 0 atom stereocenters. The molecule has 0 saturated carbocycles. The molecule has 25 heavy (non-hydrogen) atoms. The standard InChI is InChI=1S/C19H20BrN5/c1-3-25(13-15-7-5-4-6-8-15)19-23-18(12-21-24-19)22-17-10-9-16(20)11-14(17)2/h4-12H,3,13H2,1-2H3,(H,22,23,24). The molecule has 6 heteroatoms. The molecular weight excluding hydrogens is 378 g/mol. The van der Waals surface area contributed by atoms with E-state index in [2.05, 4.69) is 73.4 Å². The first-order chi connectivity index (χ1) is 12.2. The van der Waals surface area contributed by atoms with Crippen molar-refractivity contribution in [1.29, 1.82) is 0 Å². The monoisotopic (exact) mass is 397 g/mol. The predicted molar refractivity (Wildman–Crippen MR) is 105 cm³/mol. The van der Waals surface area contributed by atoms with E-state index in [4.69, 9.17) is 0 Å². The van der Waals surface area contributed by atoms with Gasteiger partial charge in [0.15, 0.2) is 5.82 Å². The average molecular weight is 398 g/mol. The van der Waals surface area contributed by atoms with Crippen LogP contribution in [-0.2, 0) is 6.54 Å². The van der Waals surface area contributed by atoms with Crippen LogP contribution in [0.2, 0.25) is 0 Å². The highest BCUT2D eigenvalue weighted by molar-refractivity contribution is 9.10. The highest BCUT2D eigenvalue weighted by atomic mass is 79.9. The van der Waals surface area contributed by atoms with E-state index in [1.165, 1.54) is 5.56 Å². The SMILES string of the molecule is CCN(Cc1ccccc1)c1nncc(Nc2ccc(Br)cc2C)n1. The molecule has 1 N–H and O–H groups in total. The lowest BCUT2D eigenvalue weighted by Crippen LogP contribution is -2.24. The number of aryl methyl sites for hydroxylation is 1. The van der Waals surface area contributed by atoms with Gasteiger partial charge in [0.05, 0.1) is 6.20 Å². The Labute approximate surface area is 156 Å². The number of hydrogen-bond acceptors (Lipinski definition) is 5. The van der Waals surface area contributed by atoms with Crippen LogP contribution < -0.4 is 10.2 Å². The molecule has 0 saturated heterocycles. The molecule has 3 aromatic rings. The van der Waals surface area contributed by atoms with Gasteiger partial charge in [0.25, 0.3) is 0 Å². The molecule has 0 aliphatic carbocycles. The van der Waals surface area contributed by atoms with E-state index in [0.29, 0.717) is 11.8 Å². The largest absolute Gasteiger partial charge is 0.339 e. The first-order valence-electron chi connectivity index (χ1n) is 8.17. The number of anilines is 3. The van der Waals surface area contributed by atoms with E-state index in [1.807, 2.05) is 30.3 Å². The molecule has 0 fully saturated rings. The summed E-state index contributed by atoms with van der Waals surface area (Å²) in [5, 5.41) is 11.6. The van der Waals surface area contributed by atoms with Gasteiger partial charge in [-0.15, -0.1) is 5.10 Å². The molecule has 2 aromatic carbocycles. The molecule has 1 aromatic heterocycles. The fourth-order valence-electron chi connectivity index (χ4n) is 2.52. The summed E-state index contributed by atoms with van der Waals surface area (Å²) < 4.78 is 1.05. The number of benzene rings is 2. The van der Waals surface area contributed by atoms with Crippen LogP contribution >= 0.6 is 15.9 Å². The maximum atomic E-state index is 4.63. The third-order valence-corrected chi connectivity index (χ3v) is 4.37. The molecule has 0 amide bonds. The Balaban J connectivity index is 1.80. The van der Waals surface area contributed by atoms with Crippen molar-refractivity contribution in [1.82, 2.24) is 15.2 Å². The first-order valence-corrected chi connectivity index (χ1v) is 8.97. The van der Waals surface area contributed by atoms with Gasteiger partial charge >= 0.3 is 0 Å². The molecular formula is C19H20BrN5. The van der Waals surface area contributed by atoms with E-state index < -0.39 is 0 Å². The molecule has 5 nitrogen and oxygen atoms in total. The Morgan fingerprint density at radius 3 is 2.64 bits per heavy atom. The zero-order chi connectivity index (χ0) is 17.6. The summed E-state index contributed by atoms with van der Waals surface area (Å²) >= 11 is 3.48. The predicted octanol–water partition coefficient (Wildman–Crippen LogP) is 4.71. The van der Waals surface area contributed by atoms with E-state index in [-0.39, 0.29) is 0 Å². The normalized spacial score (nSPS) is 10.5. The summed E-state index contributed by atoms with van der Waals surface area (Å²) in [5.41, 5.74) is 3.35. The van der Waals surface area contributed by atoms with Crippen molar-refractivity contribution >= 4 is 33.4 Å². The van der Waals surface area contributed by atoms with Crippen LogP contribution in [0.1, 0.15) is 18.1 Å². The summed E-state index contributed by atoms with van der Waals surface area (Å²) in [5.74, 6) is 1.30. The van der Waals surface area contributed by atoms with Crippen molar-refractivity contribution in [3.05, 3.63) is 70.3 Å². The van der Waals surface area contributed by atoms with Crippen molar-refractivity contribution < 1.29 is 0 Å². The fourth-order valence-corrected chi connectivity index (χ4v) is 3.00. The third-order valence-electron chi connectivity index (χ3n) is 3.88. The van der Waals surface area contributed by atoms with Gasteiger partial charge in [-0.3, -0.25) is 0 Å². The highest BCUT2D eigenvalue weighted by Crippen LogP contribution is 2.23. The molecule has 0 spiro atoms. The lowest BCUT2D eigenvalue weighted by Gasteiger charge is -2.20. The minimum absolute atomic E-state index is 0.617. The number of aromatic nitrogens is 3. The van der Waals surface area contributed by atoms with Gasteiger partial charge in [-0.25, -0.2) is 0 Å². The van der Waals surface area contributed by atoms with Gasteiger partial charge in [-0.1, -0.05) is 46.3 Å². The lowest BCUT2D eigenvalue weighted by atomic mass is 10.2. The van der Waals surface area contributed by atoms with E-state index in [1.54, 1.807) is 6.20 Å². The number of halogens is 1. The van der Waals surface area contributed by atoms with Gasteiger partial charge in [0.2, 0.25) is 5.95 Å². The van der Waals surface area contributed by atoms with Crippen LogP contribution in [0.3, 0.4) is 0 Å². The number of nitrogens with zero attached hydrogens (tertiary/aromatic N) is 4.